The zero-order valence-electron chi connectivity index (χ0n) is 14.2. The maximum absolute atomic E-state index is 11.8. The Balaban J connectivity index is 1.54. The largest absolute Gasteiger partial charge is 0.466 e. The molecule has 0 spiro atoms. The smallest absolute Gasteiger partial charge is 0.310 e. The van der Waals surface area contributed by atoms with Gasteiger partial charge in [-0.2, -0.15) is 0 Å². The third kappa shape index (κ3) is 6.71. The molecule has 0 saturated carbocycles. The highest BCUT2D eigenvalue weighted by molar-refractivity contribution is 5.72. The first-order valence-corrected chi connectivity index (χ1v) is 8.80. The van der Waals surface area contributed by atoms with Crippen molar-refractivity contribution < 1.29 is 14.3 Å². The predicted molar refractivity (Wildman–Crippen MR) is 91.4 cm³/mol. The van der Waals surface area contributed by atoms with Crippen molar-refractivity contribution in [1.82, 2.24) is 4.90 Å². The van der Waals surface area contributed by atoms with Crippen molar-refractivity contribution in [3.63, 3.8) is 0 Å². The second-order valence-corrected chi connectivity index (χ2v) is 6.09. The molecule has 1 aliphatic rings. The van der Waals surface area contributed by atoms with Gasteiger partial charge in [-0.25, -0.2) is 0 Å². The van der Waals surface area contributed by atoms with Crippen molar-refractivity contribution in [2.75, 3.05) is 39.5 Å². The fourth-order valence-electron chi connectivity index (χ4n) is 3.04. The van der Waals surface area contributed by atoms with Gasteiger partial charge >= 0.3 is 5.97 Å². The Morgan fingerprint density at radius 1 is 1.26 bits per heavy atom. The summed E-state index contributed by atoms with van der Waals surface area (Å²) >= 11 is 0. The number of nitrogens with zero attached hydrogens (tertiary/aromatic N) is 1. The lowest BCUT2D eigenvalue weighted by atomic mass is 9.98. The molecule has 1 heterocycles. The van der Waals surface area contributed by atoms with Crippen LogP contribution in [0.5, 0.6) is 0 Å². The average molecular weight is 319 g/mol. The van der Waals surface area contributed by atoms with Crippen LogP contribution in [-0.4, -0.2) is 50.3 Å². The lowest BCUT2D eigenvalue weighted by Crippen LogP contribution is -2.40. The molecular weight excluding hydrogens is 290 g/mol. The quantitative estimate of drug-likeness (QED) is 0.518. The molecule has 0 radical (unpaired) electrons. The number of hydrogen-bond donors (Lipinski definition) is 0. The summed E-state index contributed by atoms with van der Waals surface area (Å²) in [4.78, 5) is 14.2. The van der Waals surface area contributed by atoms with Crippen LogP contribution in [0.4, 0.5) is 0 Å². The first kappa shape index (κ1) is 18.0. The second-order valence-electron chi connectivity index (χ2n) is 6.09. The molecule has 4 nitrogen and oxygen atoms in total. The highest BCUT2D eigenvalue weighted by Gasteiger charge is 2.26. The first-order chi connectivity index (χ1) is 11.3. The van der Waals surface area contributed by atoms with Crippen molar-refractivity contribution in [1.29, 1.82) is 0 Å². The number of carbonyl (C=O) groups is 1. The van der Waals surface area contributed by atoms with Crippen LogP contribution in [-0.2, 0) is 20.7 Å². The molecule has 1 aromatic carbocycles. The highest BCUT2D eigenvalue weighted by Crippen LogP contribution is 2.18. The third-order valence-corrected chi connectivity index (χ3v) is 4.27. The van der Waals surface area contributed by atoms with E-state index in [0.717, 1.165) is 58.5 Å². The molecule has 1 atom stereocenters. The molecule has 1 saturated heterocycles. The molecule has 1 fully saturated rings. The molecule has 0 amide bonds. The molecule has 1 aliphatic heterocycles. The molecule has 128 valence electrons. The molecule has 4 heteroatoms. The summed E-state index contributed by atoms with van der Waals surface area (Å²) in [5.41, 5.74) is 1.32. The van der Waals surface area contributed by atoms with E-state index in [0.29, 0.717) is 6.61 Å². The first-order valence-electron chi connectivity index (χ1n) is 8.80. The summed E-state index contributed by atoms with van der Waals surface area (Å²) in [6.45, 7) is 6.82. The van der Waals surface area contributed by atoms with Crippen molar-refractivity contribution in [2.45, 2.75) is 32.6 Å². The Hall–Kier alpha value is -1.39. The standard InChI is InChI=1S/C19H29NO3/c1-2-23-19(21)18-10-6-12-20(16-18)13-7-14-22-15-11-17-8-4-3-5-9-17/h3-5,8-9,18H,2,6-7,10-16H2,1H3. The van der Waals surface area contributed by atoms with Gasteiger partial charge in [-0.05, 0) is 44.7 Å². The molecule has 0 bridgehead atoms. The van der Waals surface area contributed by atoms with E-state index in [-0.39, 0.29) is 11.9 Å². The fourth-order valence-corrected chi connectivity index (χ4v) is 3.04. The summed E-state index contributed by atoms with van der Waals surface area (Å²) in [5.74, 6) is 0.0269. The lowest BCUT2D eigenvalue weighted by molar-refractivity contribution is -0.149. The van der Waals surface area contributed by atoms with Gasteiger partial charge in [0.1, 0.15) is 0 Å². The summed E-state index contributed by atoms with van der Waals surface area (Å²) < 4.78 is 10.9. The molecule has 0 N–H and O–H groups in total. The number of benzene rings is 1. The van der Waals surface area contributed by atoms with Gasteiger partial charge in [0.15, 0.2) is 0 Å². The fraction of sp³-hybridized carbons (Fsp3) is 0.632. The molecule has 1 aromatic rings. The van der Waals surface area contributed by atoms with Gasteiger partial charge in [0.2, 0.25) is 0 Å². The summed E-state index contributed by atoms with van der Waals surface area (Å²) in [6, 6.07) is 10.4. The van der Waals surface area contributed by atoms with E-state index in [1.54, 1.807) is 0 Å². The van der Waals surface area contributed by atoms with Gasteiger partial charge in [0.25, 0.3) is 0 Å². The minimum absolute atomic E-state index is 0.0312. The Bertz CT molecular complexity index is 449. The van der Waals surface area contributed by atoms with Crippen LogP contribution < -0.4 is 0 Å². The SMILES string of the molecule is CCOC(=O)C1CCCN(CCCOCCc2ccccc2)C1. The van der Waals surface area contributed by atoms with Gasteiger partial charge in [0.05, 0.1) is 19.1 Å². The van der Waals surface area contributed by atoms with E-state index < -0.39 is 0 Å². The van der Waals surface area contributed by atoms with Gasteiger partial charge in [-0.15, -0.1) is 0 Å². The van der Waals surface area contributed by atoms with E-state index in [1.807, 2.05) is 13.0 Å². The summed E-state index contributed by atoms with van der Waals surface area (Å²) in [6.07, 6.45) is 4.03. The van der Waals surface area contributed by atoms with Gasteiger partial charge in [-0.3, -0.25) is 4.79 Å². The minimum atomic E-state index is -0.0312. The minimum Gasteiger partial charge on any atom is -0.466 e. The molecular formula is C19H29NO3. The number of carbonyl (C=O) groups excluding carboxylic acids is 1. The number of hydrogen-bond acceptors (Lipinski definition) is 4. The van der Waals surface area contributed by atoms with E-state index in [2.05, 4.69) is 29.2 Å². The summed E-state index contributed by atoms with van der Waals surface area (Å²) in [5, 5.41) is 0. The van der Waals surface area contributed by atoms with Crippen LogP contribution in [0.2, 0.25) is 0 Å². The lowest BCUT2D eigenvalue weighted by Gasteiger charge is -2.31. The zero-order valence-corrected chi connectivity index (χ0v) is 14.2. The van der Waals surface area contributed by atoms with Crippen LogP contribution in [0, 0.1) is 5.92 Å². The van der Waals surface area contributed by atoms with E-state index in [1.165, 1.54) is 5.56 Å². The molecule has 2 rings (SSSR count). The van der Waals surface area contributed by atoms with Crippen molar-refractivity contribution in [3.8, 4) is 0 Å². The summed E-state index contributed by atoms with van der Waals surface area (Å²) in [7, 11) is 0. The van der Waals surface area contributed by atoms with Crippen LogP contribution in [0.15, 0.2) is 30.3 Å². The monoisotopic (exact) mass is 319 g/mol. The van der Waals surface area contributed by atoms with Crippen LogP contribution in [0.25, 0.3) is 0 Å². The zero-order chi connectivity index (χ0) is 16.3. The van der Waals surface area contributed by atoms with E-state index in [4.69, 9.17) is 9.47 Å². The molecule has 23 heavy (non-hydrogen) atoms. The van der Waals surface area contributed by atoms with Crippen LogP contribution in [0.1, 0.15) is 31.7 Å². The Labute approximate surface area is 139 Å². The van der Waals surface area contributed by atoms with E-state index >= 15 is 0 Å². The topological polar surface area (TPSA) is 38.8 Å². The number of ether oxygens (including phenoxy) is 2. The van der Waals surface area contributed by atoms with Crippen LogP contribution in [0.3, 0.4) is 0 Å². The number of esters is 1. The van der Waals surface area contributed by atoms with E-state index in [9.17, 15) is 4.79 Å². The van der Waals surface area contributed by atoms with Crippen LogP contribution >= 0.6 is 0 Å². The van der Waals surface area contributed by atoms with Crippen molar-refractivity contribution in [2.24, 2.45) is 5.92 Å². The second kappa shape index (κ2) is 10.4. The average Bonchev–Trinajstić information content (AvgIpc) is 2.59. The van der Waals surface area contributed by atoms with Gasteiger partial charge in [-0.1, -0.05) is 30.3 Å². The third-order valence-electron chi connectivity index (χ3n) is 4.27. The number of likely N-dealkylation sites (tertiary alicyclic amines) is 1. The maximum atomic E-state index is 11.8. The molecule has 0 aromatic heterocycles. The Morgan fingerprint density at radius 3 is 2.87 bits per heavy atom. The Morgan fingerprint density at radius 2 is 2.09 bits per heavy atom. The predicted octanol–water partition coefficient (Wildman–Crippen LogP) is 2.91. The van der Waals surface area contributed by atoms with Crippen molar-refractivity contribution in [3.05, 3.63) is 35.9 Å². The Kier molecular flexibility index (Phi) is 8.12. The molecule has 1 unspecified atom stereocenters. The maximum Gasteiger partial charge on any atom is 0.310 e. The number of piperidine rings is 1. The van der Waals surface area contributed by atoms with Gasteiger partial charge < -0.3 is 14.4 Å². The van der Waals surface area contributed by atoms with Crippen molar-refractivity contribution >= 4 is 5.97 Å². The number of rotatable bonds is 9. The molecule has 0 aliphatic carbocycles. The normalized spacial score (nSPS) is 18.7. The highest BCUT2D eigenvalue weighted by atomic mass is 16.5. The van der Waals surface area contributed by atoms with Gasteiger partial charge in [0, 0.05) is 19.7 Å².